The van der Waals surface area contributed by atoms with Crippen LogP contribution in [0.2, 0.25) is 0 Å². The zero-order valence-corrected chi connectivity index (χ0v) is 35.6. The lowest BCUT2D eigenvalue weighted by Gasteiger charge is -2.45. The Morgan fingerprint density at radius 2 is 1.30 bits per heavy atom. The number of nitrogens with zero attached hydrogens (tertiary/aromatic N) is 1. The standard InChI is InChI=1S/C43H78N8O5/c1-8-13-16-31(10-3)28-55-39(53)33(12-5)18-15-27-51(44)43-49-41(46-36-23-19-34(20-24-36)38(52)45-30(6)7)48-42(50-43)47-37-25-21-35(22-26-37)40(54)56-29-32(11-4)17-14-9-2/h12,15,18,27,30-32,34-37,41-43,46-50H,5,8-11,13-14,16-17,19-26,28-29,44H2,1-4,6-7H3,(H,45,52)/b27-15+,33-18+. The second kappa shape index (κ2) is 26.2. The van der Waals surface area contributed by atoms with Gasteiger partial charge in [0.2, 0.25) is 5.91 Å². The van der Waals surface area contributed by atoms with Crippen LogP contribution in [0.3, 0.4) is 0 Å². The van der Waals surface area contributed by atoms with Gasteiger partial charge in [0.1, 0.15) is 12.6 Å². The molecule has 320 valence electrons. The van der Waals surface area contributed by atoms with Gasteiger partial charge in [-0.3, -0.25) is 41.2 Å². The molecule has 0 bridgehead atoms. The molecule has 1 saturated heterocycles. The van der Waals surface area contributed by atoms with E-state index in [9.17, 15) is 14.4 Å². The number of unbranched alkanes of at least 4 members (excludes halogenated alkanes) is 2. The third-order valence-electron chi connectivity index (χ3n) is 11.7. The molecule has 3 rings (SSSR count). The summed E-state index contributed by atoms with van der Waals surface area (Å²) in [6.07, 6.45) is 21.0. The van der Waals surface area contributed by atoms with E-state index in [1.54, 1.807) is 18.4 Å². The molecule has 13 nitrogen and oxygen atoms in total. The van der Waals surface area contributed by atoms with Crippen molar-refractivity contribution < 1.29 is 23.9 Å². The monoisotopic (exact) mass is 787 g/mol. The summed E-state index contributed by atoms with van der Waals surface area (Å²) in [5.41, 5.74) is 0.365. The molecule has 5 unspecified atom stereocenters. The number of carbonyl (C=O) groups is 3. The molecule has 2 saturated carbocycles. The first-order valence-corrected chi connectivity index (χ1v) is 22.0. The summed E-state index contributed by atoms with van der Waals surface area (Å²) in [6, 6.07) is 0.556. The number of allylic oxidation sites excluding steroid dienone is 2. The van der Waals surface area contributed by atoms with Crippen LogP contribution in [-0.2, 0) is 23.9 Å². The molecule has 2 aliphatic carbocycles. The molecular formula is C43H78N8O5. The summed E-state index contributed by atoms with van der Waals surface area (Å²) in [5.74, 6) is 7.07. The molecule has 5 atom stereocenters. The predicted octanol–water partition coefficient (Wildman–Crippen LogP) is 5.76. The van der Waals surface area contributed by atoms with Gasteiger partial charge >= 0.3 is 11.9 Å². The molecule has 0 spiro atoms. The van der Waals surface area contributed by atoms with Gasteiger partial charge in [-0.05, 0) is 102 Å². The highest BCUT2D eigenvalue weighted by molar-refractivity contribution is 5.91. The van der Waals surface area contributed by atoms with Crippen molar-refractivity contribution in [1.29, 1.82) is 0 Å². The number of hydrogen-bond acceptors (Lipinski definition) is 12. The van der Waals surface area contributed by atoms with Gasteiger partial charge in [0, 0.05) is 30.2 Å². The van der Waals surface area contributed by atoms with Crippen LogP contribution in [-0.4, -0.2) is 73.1 Å². The summed E-state index contributed by atoms with van der Waals surface area (Å²) in [6.45, 7) is 17.4. The van der Waals surface area contributed by atoms with Crippen molar-refractivity contribution in [2.24, 2.45) is 29.5 Å². The second-order valence-corrected chi connectivity index (χ2v) is 16.5. The summed E-state index contributed by atoms with van der Waals surface area (Å²) >= 11 is 0. The molecule has 0 aromatic carbocycles. The number of nitrogens with two attached hydrogens (primary N) is 1. The lowest BCUT2D eigenvalue weighted by Crippen LogP contribution is -2.79. The number of hydrazine groups is 1. The van der Waals surface area contributed by atoms with E-state index in [1.807, 2.05) is 13.8 Å². The Balaban J connectivity index is 1.61. The Bertz CT molecular complexity index is 1230. The summed E-state index contributed by atoms with van der Waals surface area (Å²) < 4.78 is 11.4. The molecule has 0 radical (unpaired) electrons. The Hall–Kier alpha value is -2.81. The molecule has 0 aromatic heterocycles. The van der Waals surface area contributed by atoms with Crippen LogP contribution in [0.5, 0.6) is 0 Å². The smallest absolute Gasteiger partial charge is 0.338 e. The maximum Gasteiger partial charge on any atom is 0.338 e. The molecule has 56 heavy (non-hydrogen) atoms. The minimum Gasteiger partial charge on any atom is -0.465 e. The van der Waals surface area contributed by atoms with Gasteiger partial charge in [-0.25, -0.2) is 10.6 Å². The fourth-order valence-electron chi connectivity index (χ4n) is 7.83. The van der Waals surface area contributed by atoms with Gasteiger partial charge in [0.15, 0.2) is 6.29 Å². The van der Waals surface area contributed by atoms with Crippen molar-refractivity contribution in [3.8, 4) is 0 Å². The number of ether oxygens (including phenoxy) is 2. The van der Waals surface area contributed by atoms with Crippen LogP contribution in [0.1, 0.15) is 144 Å². The SMILES string of the molecule is C=C/C(=C\C=C\N(N)C1NC(NC2CCC(C(=O)NC(C)C)CC2)NC(NC2CCC(C(=O)OCC(CC)CCCC)CC2)N1)C(=O)OCC(CC)CCCC. The van der Waals surface area contributed by atoms with E-state index in [1.165, 1.54) is 17.5 Å². The van der Waals surface area contributed by atoms with E-state index in [-0.39, 0.29) is 54.4 Å². The second-order valence-electron chi connectivity index (χ2n) is 16.5. The summed E-state index contributed by atoms with van der Waals surface area (Å²) in [7, 11) is 0. The molecular weight excluding hydrogens is 709 g/mol. The molecule has 1 amide bonds. The molecule has 13 heteroatoms. The van der Waals surface area contributed by atoms with Crippen LogP contribution in [0.4, 0.5) is 0 Å². The zero-order chi connectivity index (χ0) is 40.9. The van der Waals surface area contributed by atoms with Gasteiger partial charge in [-0.1, -0.05) is 78.9 Å². The Kier molecular flexibility index (Phi) is 22.3. The third kappa shape index (κ3) is 17.0. The topological polar surface area (TPSA) is 171 Å². The first-order chi connectivity index (χ1) is 27.0. The van der Waals surface area contributed by atoms with Crippen LogP contribution in [0, 0.1) is 23.7 Å². The van der Waals surface area contributed by atoms with Gasteiger partial charge in [0.05, 0.1) is 24.7 Å². The number of esters is 2. The molecule has 1 heterocycles. The van der Waals surface area contributed by atoms with E-state index in [4.69, 9.17) is 15.3 Å². The van der Waals surface area contributed by atoms with E-state index in [0.29, 0.717) is 30.6 Å². The minimum atomic E-state index is -0.474. The lowest BCUT2D eigenvalue weighted by atomic mass is 9.85. The largest absolute Gasteiger partial charge is 0.465 e. The fourth-order valence-corrected chi connectivity index (χ4v) is 7.83. The molecule has 3 aliphatic rings. The van der Waals surface area contributed by atoms with Crippen LogP contribution < -0.4 is 37.7 Å². The normalized spacial score (nSPS) is 27.1. The van der Waals surface area contributed by atoms with E-state index in [0.717, 1.165) is 96.3 Å². The maximum atomic E-state index is 13.0. The number of amides is 1. The van der Waals surface area contributed by atoms with Crippen molar-refractivity contribution in [2.45, 2.75) is 181 Å². The van der Waals surface area contributed by atoms with Crippen molar-refractivity contribution in [3.05, 3.63) is 36.6 Å². The summed E-state index contributed by atoms with van der Waals surface area (Å²) in [5, 5.41) is 22.7. The lowest BCUT2D eigenvalue weighted by molar-refractivity contribution is -0.151. The zero-order valence-electron chi connectivity index (χ0n) is 35.6. The van der Waals surface area contributed by atoms with Crippen molar-refractivity contribution >= 4 is 17.8 Å². The van der Waals surface area contributed by atoms with Gasteiger partial charge in [-0.15, -0.1) is 0 Å². The third-order valence-corrected chi connectivity index (χ3v) is 11.7. The van der Waals surface area contributed by atoms with Gasteiger partial charge in [0.25, 0.3) is 0 Å². The number of hydrogen-bond donors (Lipinski definition) is 7. The predicted molar refractivity (Wildman–Crippen MR) is 224 cm³/mol. The van der Waals surface area contributed by atoms with Crippen molar-refractivity contribution in [3.63, 3.8) is 0 Å². The molecule has 8 N–H and O–H groups in total. The highest BCUT2D eigenvalue weighted by Crippen LogP contribution is 2.27. The number of nitrogens with one attached hydrogen (secondary N) is 6. The summed E-state index contributed by atoms with van der Waals surface area (Å²) in [4.78, 5) is 38.5. The Morgan fingerprint density at radius 3 is 1.79 bits per heavy atom. The molecule has 3 fully saturated rings. The Morgan fingerprint density at radius 1 is 0.786 bits per heavy atom. The van der Waals surface area contributed by atoms with Gasteiger partial charge < -0.3 is 14.8 Å². The number of rotatable bonds is 24. The number of carbonyl (C=O) groups excluding carboxylic acids is 3. The fraction of sp³-hybridized carbons (Fsp3) is 0.791. The average Bonchev–Trinajstić information content (AvgIpc) is 3.19. The van der Waals surface area contributed by atoms with E-state index in [2.05, 4.69) is 66.2 Å². The minimum absolute atomic E-state index is 0.0395. The van der Waals surface area contributed by atoms with Crippen molar-refractivity contribution in [2.75, 3.05) is 13.2 Å². The first kappa shape index (κ1) is 47.6. The van der Waals surface area contributed by atoms with Crippen LogP contribution in [0.15, 0.2) is 36.6 Å². The molecule has 1 aliphatic heterocycles. The maximum absolute atomic E-state index is 13.0. The highest BCUT2D eigenvalue weighted by atomic mass is 16.5. The molecule has 0 aromatic rings. The first-order valence-electron chi connectivity index (χ1n) is 22.0. The highest BCUT2D eigenvalue weighted by Gasteiger charge is 2.35. The van der Waals surface area contributed by atoms with Crippen LogP contribution >= 0.6 is 0 Å². The quantitative estimate of drug-likeness (QED) is 0.0208. The van der Waals surface area contributed by atoms with E-state index < -0.39 is 12.3 Å². The van der Waals surface area contributed by atoms with E-state index >= 15 is 0 Å². The Labute approximate surface area is 338 Å². The van der Waals surface area contributed by atoms with Gasteiger partial charge in [-0.2, -0.15) is 0 Å². The van der Waals surface area contributed by atoms with Crippen molar-refractivity contribution in [1.82, 2.24) is 36.9 Å². The van der Waals surface area contributed by atoms with Crippen LogP contribution in [0.25, 0.3) is 0 Å². The average molecular weight is 787 g/mol.